The van der Waals surface area contributed by atoms with Crippen LogP contribution >= 0.6 is 11.6 Å². The fourth-order valence-electron chi connectivity index (χ4n) is 2.84. The quantitative estimate of drug-likeness (QED) is 0.895. The molecule has 0 unspecified atom stereocenters. The summed E-state index contributed by atoms with van der Waals surface area (Å²) in [6, 6.07) is 6.09. The van der Waals surface area contributed by atoms with Gasteiger partial charge in [-0.3, -0.25) is 0 Å². The van der Waals surface area contributed by atoms with E-state index in [1.807, 2.05) is 12.1 Å². The summed E-state index contributed by atoms with van der Waals surface area (Å²) in [6.07, 6.45) is 6.20. The number of rotatable bonds is 3. The molecule has 0 spiro atoms. The predicted molar refractivity (Wildman–Crippen MR) is 71.8 cm³/mol. The number of benzene rings is 1. The third-order valence-electron chi connectivity index (χ3n) is 3.97. The van der Waals surface area contributed by atoms with Crippen LogP contribution in [-0.2, 0) is 5.41 Å². The smallest absolute Gasteiger partial charge is 0.137 e. The molecule has 2 N–H and O–H groups in total. The van der Waals surface area contributed by atoms with Gasteiger partial charge in [0.25, 0.3) is 0 Å². The molecule has 1 aliphatic carbocycles. The number of halogens is 1. The molecule has 3 heteroatoms. The summed E-state index contributed by atoms with van der Waals surface area (Å²) >= 11 is 6.20. The number of nitrogens with two attached hydrogens (primary N) is 1. The van der Waals surface area contributed by atoms with Crippen LogP contribution in [0.5, 0.6) is 5.75 Å². The molecule has 1 fully saturated rings. The van der Waals surface area contributed by atoms with Crippen LogP contribution in [0.15, 0.2) is 18.2 Å². The highest BCUT2D eigenvalue weighted by Gasteiger charge is 2.32. The van der Waals surface area contributed by atoms with E-state index in [9.17, 15) is 0 Å². The summed E-state index contributed by atoms with van der Waals surface area (Å²) < 4.78 is 5.19. The van der Waals surface area contributed by atoms with Gasteiger partial charge in [0.1, 0.15) is 5.75 Å². The molecule has 0 radical (unpaired) electrons. The van der Waals surface area contributed by atoms with Gasteiger partial charge in [0.15, 0.2) is 0 Å². The Balaban J connectivity index is 2.33. The molecular weight excluding hydrogens is 234 g/mol. The van der Waals surface area contributed by atoms with E-state index >= 15 is 0 Å². The van der Waals surface area contributed by atoms with Crippen molar-refractivity contribution in [2.24, 2.45) is 5.73 Å². The van der Waals surface area contributed by atoms with Crippen LogP contribution in [0.2, 0.25) is 5.02 Å². The Kier molecular flexibility index (Phi) is 3.95. The maximum absolute atomic E-state index is 6.20. The Morgan fingerprint density at radius 2 is 2.00 bits per heavy atom. The minimum absolute atomic E-state index is 0.133. The predicted octanol–water partition coefficient (Wildman–Crippen LogP) is 3.51. The van der Waals surface area contributed by atoms with E-state index < -0.39 is 0 Å². The standard InChI is InChI=1S/C14H20ClNO/c1-17-13-6-5-11(9-12(13)15)14(10-16)7-3-2-4-8-14/h5-6,9H,2-4,7-8,10,16H2,1H3. The van der Waals surface area contributed by atoms with Gasteiger partial charge in [-0.1, -0.05) is 36.9 Å². The molecular formula is C14H20ClNO. The van der Waals surface area contributed by atoms with Crippen molar-refractivity contribution < 1.29 is 4.74 Å². The van der Waals surface area contributed by atoms with Gasteiger partial charge >= 0.3 is 0 Å². The molecule has 2 nitrogen and oxygen atoms in total. The van der Waals surface area contributed by atoms with Crippen LogP contribution in [0.25, 0.3) is 0 Å². The Labute approximate surface area is 108 Å². The highest BCUT2D eigenvalue weighted by molar-refractivity contribution is 6.32. The second-order valence-corrected chi connectivity index (χ2v) is 5.30. The molecule has 1 saturated carbocycles. The summed E-state index contributed by atoms with van der Waals surface area (Å²) in [5, 5.41) is 0.684. The van der Waals surface area contributed by atoms with Crippen molar-refractivity contribution in [3.05, 3.63) is 28.8 Å². The first-order valence-electron chi connectivity index (χ1n) is 6.26. The average molecular weight is 254 g/mol. The van der Waals surface area contributed by atoms with Gasteiger partial charge in [-0.05, 0) is 30.5 Å². The summed E-state index contributed by atoms with van der Waals surface area (Å²) in [5.74, 6) is 0.735. The molecule has 2 rings (SSSR count). The maximum Gasteiger partial charge on any atom is 0.137 e. The van der Waals surface area contributed by atoms with E-state index in [0.29, 0.717) is 11.6 Å². The van der Waals surface area contributed by atoms with Gasteiger partial charge in [-0.15, -0.1) is 0 Å². The molecule has 0 bridgehead atoms. The van der Waals surface area contributed by atoms with Crippen molar-refractivity contribution in [1.82, 2.24) is 0 Å². The number of hydrogen-bond donors (Lipinski definition) is 1. The molecule has 1 aliphatic rings. The molecule has 0 aliphatic heterocycles. The van der Waals surface area contributed by atoms with E-state index in [0.717, 1.165) is 5.75 Å². The lowest BCUT2D eigenvalue weighted by Crippen LogP contribution is -2.37. The van der Waals surface area contributed by atoms with Gasteiger partial charge in [0, 0.05) is 12.0 Å². The zero-order valence-corrected chi connectivity index (χ0v) is 11.1. The van der Waals surface area contributed by atoms with Crippen LogP contribution in [0.4, 0.5) is 0 Å². The van der Waals surface area contributed by atoms with E-state index in [1.165, 1.54) is 37.7 Å². The molecule has 0 amide bonds. The Morgan fingerprint density at radius 1 is 1.29 bits per heavy atom. The van der Waals surface area contributed by atoms with Gasteiger partial charge in [0.05, 0.1) is 12.1 Å². The van der Waals surface area contributed by atoms with Crippen LogP contribution in [-0.4, -0.2) is 13.7 Å². The van der Waals surface area contributed by atoms with Crippen LogP contribution < -0.4 is 10.5 Å². The first-order chi connectivity index (χ1) is 8.22. The van der Waals surface area contributed by atoms with E-state index in [1.54, 1.807) is 7.11 Å². The number of ether oxygens (including phenoxy) is 1. The second-order valence-electron chi connectivity index (χ2n) is 4.89. The lowest BCUT2D eigenvalue weighted by molar-refractivity contribution is 0.300. The number of hydrogen-bond acceptors (Lipinski definition) is 2. The Morgan fingerprint density at radius 3 is 2.53 bits per heavy atom. The van der Waals surface area contributed by atoms with Crippen molar-refractivity contribution in [3.8, 4) is 5.75 Å². The fourth-order valence-corrected chi connectivity index (χ4v) is 3.09. The Hall–Kier alpha value is -0.730. The topological polar surface area (TPSA) is 35.2 Å². The summed E-state index contributed by atoms with van der Waals surface area (Å²) in [4.78, 5) is 0. The van der Waals surface area contributed by atoms with Gasteiger partial charge in [-0.2, -0.15) is 0 Å². The lowest BCUT2D eigenvalue weighted by Gasteiger charge is -2.37. The normalized spacial score (nSPS) is 19.0. The maximum atomic E-state index is 6.20. The summed E-state index contributed by atoms with van der Waals surface area (Å²) in [7, 11) is 1.64. The lowest BCUT2D eigenvalue weighted by atomic mass is 9.69. The molecule has 1 aromatic rings. The SMILES string of the molecule is COc1ccc(C2(CN)CCCCC2)cc1Cl. The largest absolute Gasteiger partial charge is 0.495 e. The minimum Gasteiger partial charge on any atom is -0.495 e. The van der Waals surface area contributed by atoms with E-state index in [-0.39, 0.29) is 5.41 Å². The van der Waals surface area contributed by atoms with Crippen LogP contribution in [0, 0.1) is 0 Å². The van der Waals surface area contributed by atoms with Gasteiger partial charge in [0.2, 0.25) is 0 Å². The molecule has 0 aromatic heterocycles. The van der Waals surface area contributed by atoms with Crippen molar-refractivity contribution in [2.75, 3.05) is 13.7 Å². The molecule has 0 saturated heterocycles. The van der Waals surface area contributed by atoms with Crippen LogP contribution in [0.1, 0.15) is 37.7 Å². The van der Waals surface area contributed by atoms with Crippen molar-refractivity contribution in [2.45, 2.75) is 37.5 Å². The Bertz CT molecular complexity index is 386. The van der Waals surface area contributed by atoms with Gasteiger partial charge < -0.3 is 10.5 Å². The molecule has 94 valence electrons. The summed E-state index contributed by atoms with van der Waals surface area (Å²) in [6.45, 7) is 0.704. The zero-order chi connectivity index (χ0) is 12.3. The highest BCUT2D eigenvalue weighted by atomic mass is 35.5. The monoisotopic (exact) mass is 253 g/mol. The van der Waals surface area contributed by atoms with Crippen LogP contribution in [0.3, 0.4) is 0 Å². The van der Waals surface area contributed by atoms with Gasteiger partial charge in [-0.25, -0.2) is 0 Å². The first kappa shape index (κ1) is 12.7. The second kappa shape index (κ2) is 5.28. The number of methoxy groups -OCH3 is 1. The summed E-state index contributed by atoms with van der Waals surface area (Å²) in [5.41, 5.74) is 7.42. The van der Waals surface area contributed by atoms with Crippen molar-refractivity contribution in [1.29, 1.82) is 0 Å². The van der Waals surface area contributed by atoms with Crippen molar-refractivity contribution >= 4 is 11.6 Å². The zero-order valence-electron chi connectivity index (χ0n) is 10.3. The molecule has 1 aromatic carbocycles. The van der Waals surface area contributed by atoms with E-state index in [2.05, 4.69) is 6.07 Å². The average Bonchev–Trinajstić information content (AvgIpc) is 2.39. The minimum atomic E-state index is 0.133. The highest BCUT2D eigenvalue weighted by Crippen LogP contribution is 2.40. The van der Waals surface area contributed by atoms with Crippen molar-refractivity contribution in [3.63, 3.8) is 0 Å². The molecule has 17 heavy (non-hydrogen) atoms. The third kappa shape index (κ3) is 2.43. The third-order valence-corrected chi connectivity index (χ3v) is 4.26. The fraction of sp³-hybridized carbons (Fsp3) is 0.571. The first-order valence-corrected chi connectivity index (χ1v) is 6.64. The molecule has 0 atom stereocenters. The molecule has 0 heterocycles. The van der Waals surface area contributed by atoms with E-state index in [4.69, 9.17) is 22.1 Å².